The normalized spacial score (nSPS) is 13.4. The average molecular weight is 1130 g/mol. The van der Waals surface area contributed by atoms with Gasteiger partial charge >= 0.3 is 55.2 Å². The Morgan fingerprint density at radius 3 is 0.883 bits per heavy atom. The third-order valence-corrected chi connectivity index (χ3v) is 11.7. The first-order valence-electron chi connectivity index (χ1n) is 21.0. The molecule has 6 aromatic carbocycles. The van der Waals surface area contributed by atoms with Crippen molar-refractivity contribution in [3.63, 3.8) is 0 Å². The second kappa shape index (κ2) is 20.1. The third kappa shape index (κ3) is 13.0. The standard InChI is InChI=1S/C32H12BF24.C16H13N2O2/c34-25(35,36)13-1-14(26(37,38)39)6-21(5-13)33(22-7-15(27(40,41)42)2-16(8-22)28(43,44)45,23-9-17(29(46,47)48)3-18(10-23)30(49,50)51)24-11-19(31(52,53)54)4-20(12-24)32(55,56)57;19-18(20)16-15-9-5-4-8-14(15)10-11-17(16)12-13-6-2-1-3-7-13/h1-12H;1-11H,12H2/q-1;+1. The van der Waals surface area contributed by atoms with E-state index < -0.39 is 195 Å². The van der Waals surface area contributed by atoms with Crippen molar-refractivity contribution in [2.24, 2.45) is 0 Å². The molecule has 0 radical (unpaired) electrons. The fourth-order valence-corrected chi connectivity index (χ4v) is 8.42. The van der Waals surface area contributed by atoms with Gasteiger partial charge in [0.05, 0.1) is 44.5 Å². The lowest BCUT2D eigenvalue weighted by Crippen LogP contribution is -2.75. The van der Waals surface area contributed by atoms with E-state index in [2.05, 4.69) is 0 Å². The smallest absolute Gasteiger partial charge is 0.253 e. The lowest BCUT2D eigenvalue weighted by atomic mass is 9.12. The summed E-state index contributed by atoms with van der Waals surface area (Å²) in [5.41, 5.74) is -29.2. The molecular formula is C48H25BF24N2O2. The number of nitrogens with zero attached hydrogens (tertiary/aromatic N) is 2. The maximum absolute atomic E-state index is 14.2. The van der Waals surface area contributed by atoms with Crippen LogP contribution in [-0.2, 0) is 56.0 Å². The summed E-state index contributed by atoms with van der Waals surface area (Å²) in [6.45, 7) is 0.488. The highest BCUT2D eigenvalue weighted by Gasteiger charge is 2.47. The van der Waals surface area contributed by atoms with E-state index in [0.29, 0.717) is 11.9 Å². The summed E-state index contributed by atoms with van der Waals surface area (Å²) in [6, 6.07) is 10.2. The van der Waals surface area contributed by atoms with Crippen LogP contribution in [0.2, 0.25) is 0 Å². The van der Waals surface area contributed by atoms with Crippen LogP contribution in [-0.4, -0.2) is 11.1 Å². The van der Waals surface area contributed by atoms with Crippen LogP contribution >= 0.6 is 0 Å². The Labute approximate surface area is 414 Å². The van der Waals surface area contributed by atoms with E-state index in [9.17, 15) is 115 Å². The van der Waals surface area contributed by atoms with Crippen LogP contribution in [0.1, 0.15) is 50.1 Å². The summed E-state index contributed by atoms with van der Waals surface area (Å²) in [5, 5.41) is 13.0. The minimum atomic E-state index is -6.13. The van der Waals surface area contributed by atoms with Gasteiger partial charge in [-0.2, -0.15) is 127 Å². The van der Waals surface area contributed by atoms with Gasteiger partial charge in [0.15, 0.2) is 12.7 Å². The summed E-state index contributed by atoms with van der Waals surface area (Å²) in [4.78, 5) is 11.1. The molecule has 0 aliphatic heterocycles. The van der Waals surface area contributed by atoms with Crippen LogP contribution in [0.25, 0.3) is 10.8 Å². The maximum Gasteiger partial charge on any atom is 0.509 e. The lowest BCUT2D eigenvalue weighted by molar-refractivity contribution is -0.727. The predicted octanol–water partition coefficient (Wildman–Crippen LogP) is 14.3. The summed E-state index contributed by atoms with van der Waals surface area (Å²) in [5.74, 6) is 0.131. The van der Waals surface area contributed by atoms with Crippen molar-refractivity contribution in [2.75, 3.05) is 0 Å². The van der Waals surface area contributed by atoms with Crippen LogP contribution in [0.3, 0.4) is 0 Å². The molecule has 4 nitrogen and oxygen atoms in total. The van der Waals surface area contributed by atoms with Gasteiger partial charge in [-0.05, 0) is 30.3 Å². The van der Waals surface area contributed by atoms with Gasteiger partial charge in [0, 0.05) is 17.0 Å². The van der Waals surface area contributed by atoms with E-state index in [1.165, 1.54) is 0 Å². The number of rotatable bonds is 7. The number of aromatic nitrogens is 1. The number of halogens is 24. The van der Waals surface area contributed by atoms with E-state index >= 15 is 0 Å². The van der Waals surface area contributed by atoms with E-state index in [1.807, 2.05) is 54.6 Å². The molecule has 0 fully saturated rings. The van der Waals surface area contributed by atoms with Crippen LogP contribution in [0.15, 0.2) is 140 Å². The lowest BCUT2D eigenvalue weighted by Gasteiger charge is -2.46. The van der Waals surface area contributed by atoms with Gasteiger partial charge < -0.3 is 0 Å². The number of hydrogen-bond donors (Lipinski definition) is 0. The molecule has 77 heavy (non-hydrogen) atoms. The Hall–Kier alpha value is -7.49. The van der Waals surface area contributed by atoms with Crippen molar-refractivity contribution < 1.29 is 115 Å². The van der Waals surface area contributed by atoms with Crippen molar-refractivity contribution in [3.05, 3.63) is 200 Å². The molecule has 7 rings (SSSR count). The number of fused-ring (bicyclic) bond motifs is 1. The molecule has 0 saturated heterocycles. The van der Waals surface area contributed by atoms with Gasteiger partial charge in [-0.25, -0.2) is 0 Å². The molecule has 1 heterocycles. The van der Waals surface area contributed by atoms with E-state index in [0.717, 1.165) is 10.9 Å². The van der Waals surface area contributed by atoms with Crippen molar-refractivity contribution in [3.8, 4) is 0 Å². The van der Waals surface area contributed by atoms with Crippen molar-refractivity contribution in [1.29, 1.82) is 0 Å². The zero-order valence-corrected chi connectivity index (χ0v) is 37.3. The first-order valence-corrected chi connectivity index (χ1v) is 21.0. The van der Waals surface area contributed by atoms with Crippen LogP contribution in [0, 0.1) is 10.1 Å². The monoisotopic (exact) mass is 1130 g/mol. The molecule has 7 aromatic rings. The number of nitro groups is 1. The van der Waals surface area contributed by atoms with Crippen molar-refractivity contribution >= 4 is 44.6 Å². The molecule has 0 saturated carbocycles. The van der Waals surface area contributed by atoms with Gasteiger partial charge in [-0.1, -0.05) is 97.1 Å². The molecule has 1 aromatic heterocycles. The van der Waals surface area contributed by atoms with E-state index in [1.54, 1.807) is 16.8 Å². The third-order valence-electron chi connectivity index (χ3n) is 11.7. The molecule has 0 atom stereocenters. The number of hydrogen-bond acceptors (Lipinski definition) is 2. The molecule has 410 valence electrons. The fourth-order valence-electron chi connectivity index (χ4n) is 8.42. The fraction of sp³-hybridized carbons (Fsp3) is 0.188. The minimum absolute atomic E-state index is 0.131. The molecule has 0 amide bonds. The van der Waals surface area contributed by atoms with Gasteiger partial charge in [0.2, 0.25) is 0 Å². The second-order valence-corrected chi connectivity index (χ2v) is 16.8. The molecular weight excluding hydrogens is 1100 g/mol. The van der Waals surface area contributed by atoms with Gasteiger partial charge in [0.1, 0.15) is 16.5 Å². The van der Waals surface area contributed by atoms with Crippen LogP contribution in [0.4, 0.5) is 111 Å². The Bertz CT molecular complexity index is 2880. The largest absolute Gasteiger partial charge is 0.509 e. The van der Waals surface area contributed by atoms with Gasteiger partial charge in [-0.3, -0.25) is 10.1 Å². The van der Waals surface area contributed by atoms with Crippen LogP contribution < -0.4 is 26.4 Å². The first-order chi connectivity index (χ1) is 35.0. The van der Waals surface area contributed by atoms with E-state index in [4.69, 9.17) is 0 Å². The van der Waals surface area contributed by atoms with Crippen LogP contribution in [0.5, 0.6) is 0 Å². The molecule has 29 heteroatoms. The Kier molecular flexibility index (Phi) is 15.4. The number of pyridine rings is 1. The first kappa shape index (κ1) is 58.8. The Balaban J connectivity index is 0.000000397. The summed E-state index contributed by atoms with van der Waals surface area (Å²) in [7, 11) is 0. The van der Waals surface area contributed by atoms with Crippen molar-refractivity contribution in [2.45, 2.75) is 56.0 Å². The number of benzene rings is 6. The van der Waals surface area contributed by atoms with Gasteiger partial charge in [0.25, 0.3) is 0 Å². The Morgan fingerprint density at radius 2 is 0.623 bits per heavy atom. The zero-order valence-electron chi connectivity index (χ0n) is 37.3. The predicted molar refractivity (Wildman–Crippen MR) is 226 cm³/mol. The molecule has 0 bridgehead atoms. The highest BCUT2D eigenvalue weighted by Crippen LogP contribution is 2.41. The molecule has 0 aliphatic rings. The summed E-state index contributed by atoms with van der Waals surface area (Å²) >= 11 is 0. The molecule has 0 unspecified atom stereocenters. The highest BCUT2D eigenvalue weighted by molar-refractivity contribution is 7.20. The molecule has 0 N–H and O–H groups in total. The zero-order chi connectivity index (χ0) is 57.9. The summed E-state index contributed by atoms with van der Waals surface area (Å²) < 4.78 is 342. The van der Waals surface area contributed by atoms with Gasteiger partial charge in [-0.15, -0.1) is 4.57 Å². The second-order valence-electron chi connectivity index (χ2n) is 16.8. The summed E-state index contributed by atoms with van der Waals surface area (Å²) in [6.07, 6.45) is -53.0. The highest BCUT2D eigenvalue weighted by atomic mass is 19.4. The number of alkyl halides is 24. The van der Waals surface area contributed by atoms with Crippen molar-refractivity contribution in [1.82, 2.24) is 0 Å². The maximum atomic E-state index is 14.2. The molecule has 0 spiro atoms. The SMILES string of the molecule is FC(F)(F)c1cc([B-](c2cc(C(F)(F)F)cc(C(F)(F)F)c2)(c2cc(C(F)(F)F)cc(C(F)(F)F)c2)c2cc(C(F)(F)F)cc(C(F)(F)F)c2)cc(C(F)(F)F)c1.O=[N+]([O-])c1c2ccccc2cc[n+]1Cc1ccccc1. The van der Waals surface area contributed by atoms with E-state index in [-0.39, 0.29) is 10.7 Å². The minimum Gasteiger partial charge on any atom is -0.253 e. The quantitative estimate of drug-likeness (QED) is 0.0525. The Morgan fingerprint density at radius 1 is 0.364 bits per heavy atom. The molecule has 0 aliphatic carbocycles. The topological polar surface area (TPSA) is 47.0 Å². The average Bonchev–Trinajstić information content (AvgIpc) is 3.29.